The van der Waals surface area contributed by atoms with E-state index in [0.29, 0.717) is 17.9 Å². The van der Waals surface area contributed by atoms with Crippen LogP contribution < -0.4 is 10.1 Å². The third-order valence-corrected chi connectivity index (χ3v) is 2.85. The van der Waals surface area contributed by atoms with Crippen LogP contribution in [-0.2, 0) is 9.59 Å². The Bertz CT molecular complexity index is 434. The number of amides is 1. The highest BCUT2D eigenvalue weighted by molar-refractivity contribution is 7.98. The fraction of sp³-hybridized carbons (Fsp3) is 0.545. The molecule has 106 valence electrons. The topological polar surface area (TPSA) is 102 Å². The maximum Gasteiger partial charge on any atom is 0.326 e. The van der Waals surface area contributed by atoms with Gasteiger partial charge in [0.1, 0.15) is 11.8 Å². The summed E-state index contributed by atoms with van der Waals surface area (Å²) in [6.07, 6.45) is 2.24. The molecule has 0 saturated carbocycles. The van der Waals surface area contributed by atoms with E-state index in [0.717, 1.165) is 0 Å². The minimum atomic E-state index is -1.06. The second-order valence-corrected chi connectivity index (χ2v) is 4.79. The molecule has 1 atom stereocenters. The van der Waals surface area contributed by atoms with Crippen LogP contribution in [0.2, 0.25) is 0 Å². The Morgan fingerprint density at radius 3 is 2.89 bits per heavy atom. The van der Waals surface area contributed by atoms with Gasteiger partial charge in [0.25, 0.3) is 11.8 Å². The summed E-state index contributed by atoms with van der Waals surface area (Å²) < 4.78 is 9.82. The van der Waals surface area contributed by atoms with Gasteiger partial charge in [-0.1, -0.05) is 0 Å². The molecule has 1 rings (SSSR count). The molecule has 0 unspecified atom stereocenters. The molecule has 0 fully saturated rings. The summed E-state index contributed by atoms with van der Waals surface area (Å²) >= 11 is 1.52. The van der Waals surface area contributed by atoms with Crippen molar-refractivity contribution in [1.82, 2.24) is 10.5 Å². The van der Waals surface area contributed by atoms with Gasteiger partial charge in [0.2, 0.25) is 0 Å². The Morgan fingerprint density at radius 2 is 2.37 bits per heavy atom. The first kappa shape index (κ1) is 15.4. The second-order valence-electron chi connectivity index (χ2n) is 3.80. The highest BCUT2D eigenvalue weighted by atomic mass is 32.2. The van der Waals surface area contributed by atoms with E-state index in [1.165, 1.54) is 17.8 Å². The van der Waals surface area contributed by atoms with Crippen LogP contribution in [0.5, 0.6) is 5.88 Å². The van der Waals surface area contributed by atoms with Crippen molar-refractivity contribution in [2.45, 2.75) is 19.4 Å². The van der Waals surface area contributed by atoms with Crippen molar-refractivity contribution in [2.75, 3.05) is 18.6 Å². The van der Waals surface area contributed by atoms with Gasteiger partial charge >= 0.3 is 5.97 Å². The first-order valence-electron chi connectivity index (χ1n) is 5.60. The number of nitrogens with one attached hydrogen (secondary N) is 1. The lowest BCUT2D eigenvalue weighted by molar-refractivity contribution is -0.142. The average Bonchev–Trinajstić information content (AvgIpc) is 2.77. The summed E-state index contributed by atoms with van der Waals surface area (Å²) in [5.41, 5.74) is 0. The molecule has 1 aromatic rings. The number of thioether (sulfide) groups is 1. The Morgan fingerprint density at radius 1 is 1.63 bits per heavy atom. The molecule has 8 heteroatoms. The van der Waals surface area contributed by atoms with Crippen LogP contribution in [0, 0.1) is 6.92 Å². The highest BCUT2D eigenvalue weighted by Gasteiger charge is 2.19. The third-order valence-electron chi connectivity index (χ3n) is 2.20. The van der Waals surface area contributed by atoms with Gasteiger partial charge in [-0.2, -0.15) is 11.8 Å². The SMILES string of the molecule is CSCC[C@H](NC(=O)COc1cc(C)on1)C(=O)O. The lowest BCUT2D eigenvalue weighted by Crippen LogP contribution is -2.43. The van der Waals surface area contributed by atoms with E-state index in [-0.39, 0.29) is 12.5 Å². The maximum absolute atomic E-state index is 11.5. The Balaban J connectivity index is 2.37. The Labute approximate surface area is 114 Å². The van der Waals surface area contributed by atoms with Crippen molar-refractivity contribution in [2.24, 2.45) is 0 Å². The molecule has 0 saturated heterocycles. The molecule has 0 aliphatic carbocycles. The first-order chi connectivity index (χ1) is 9.02. The molecule has 0 aliphatic heterocycles. The lowest BCUT2D eigenvalue weighted by Gasteiger charge is -2.13. The second kappa shape index (κ2) is 7.67. The van der Waals surface area contributed by atoms with Gasteiger partial charge in [0.15, 0.2) is 6.61 Å². The number of carbonyl (C=O) groups is 2. The minimum absolute atomic E-state index is 0.198. The quantitative estimate of drug-likeness (QED) is 0.725. The van der Waals surface area contributed by atoms with E-state index >= 15 is 0 Å². The summed E-state index contributed by atoms with van der Waals surface area (Å²) in [5.74, 6) is -0.142. The van der Waals surface area contributed by atoms with Gasteiger partial charge < -0.3 is 19.7 Å². The summed E-state index contributed by atoms with van der Waals surface area (Å²) in [6.45, 7) is 1.40. The van der Waals surface area contributed by atoms with E-state index in [4.69, 9.17) is 14.4 Å². The van der Waals surface area contributed by atoms with E-state index in [1.807, 2.05) is 6.26 Å². The largest absolute Gasteiger partial charge is 0.480 e. The smallest absolute Gasteiger partial charge is 0.326 e. The zero-order valence-corrected chi connectivity index (χ0v) is 11.5. The number of ether oxygens (including phenoxy) is 1. The Hall–Kier alpha value is -1.70. The lowest BCUT2D eigenvalue weighted by atomic mass is 10.2. The summed E-state index contributed by atoms with van der Waals surface area (Å²) in [6, 6.07) is 0.637. The number of hydrogen-bond donors (Lipinski definition) is 2. The van der Waals surface area contributed by atoms with Gasteiger partial charge in [0.05, 0.1) is 0 Å². The number of carboxylic acids is 1. The van der Waals surface area contributed by atoms with Crippen molar-refractivity contribution in [3.8, 4) is 5.88 Å². The maximum atomic E-state index is 11.5. The predicted octanol–water partition coefficient (Wildman–Crippen LogP) is 0.684. The molecular formula is C11H16N2O5S. The number of aliphatic carboxylic acids is 1. The molecule has 0 aliphatic rings. The van der Waals surface area contributed by atoms with Gasteiger partial charge in [-0.05, 0) is 30.5 Å². The number of aryl methyl sites for hydroxylation is 1. The number of nitrogens with zero attached hydrogens (tertiary/aromatic N) is 1. The molecule has 2 N–H and O–H groups in total. The van der Waals surface area contributed by atoms with Crippen LogP contribution in [0.4, 0.5) is 0 Å². The van der Waals surface area contributed by atoms with Gasteiger partial charge in [0, 0.05) is 6.07 Å². The van der Waals surface area contributed by atoms with Crippen LogP contribution >= 0.6 is 11.8 Å². The minimum Gasteiger partial charge on any atom is -0.480 e. The van der Waals surface area contributed by atoms with Crippen molar-refractivity contribution >= 4 is 23.6 Å². The summed E-state index contributed by atoms with van der Waals surface area (Å²) in [5, 5.41) is 14.9. The van der Waals surface area contributed by atoms with E-state index in [1.54, 1.807) is 6.92 Å². The molecular weight excluding hydrogens is 272 g/mol. The van der Waals surface area contributed by atoms with Crippen molar-refractivity contribution < 1.29 is 24.0 Å². The van der Waals surface area contributed by atoms with Crippen LogP contribution in [0.25, 0.3) is 0 Å². The molecule has 7 nitrogen and oxygen atoms in total. The molecule has 0 bridgehead atoms. The number of rotatable bonds is 8. The van der Waals surface area contributed by atoms with Gasteiger partial charge in [-0.25, -0.2) is 4.79 Å². The molecule has 1 heterocycles. The molecule has 19 heavy (non-hydrogen) atoms. The van der Waals surface area contributed by atoms with Crippen LogP contribution in [-0.4, -0.2) is 46.8 Å². The fourth-order valence-electron chi connectivity index (χ4n) is 1.28. The monoisotopic (exact) mass is 288 g/mol. The first-order valence-corrected chi connectivity index (χ1v) is 6.99. The standard InChI is InChI=1S/C11H16N2O5S/c1-7-5-10(13-18-7)17-6-9(14)12-8(11(15)16)3-4-19-2/h5,8H,3-4,6H2,1-2H3,(H,12,14)(H,15,16)/t8-/m0/s1. The highest BCUT2D eigenvalue weighted by Crippen LogP contribution is 2.09. The van der Waals surface area contributed by atoms with Gasteiger partial charge in [-0.3, -0.25) is 4.79 Å². The molecule has 0 spiro atoms. The zero-order chi connectivity index (χ0) is 14.3. The molecule has 1 aromatic heterocycles. The normalized spacial score (nSPS) is 11.9. The van der Waals surface area contributed by atoms with Crippen LogP contribution in [0.15, 0.2) is 10.6 Å². The Kier molecular flexibility index (Phi) is 6.20. The third kappa shape index (κ3) is 5.64. The van der Waals surface area contributed by atoms with E-state index in [9.17, 15) is 9.59 Å². The average molecular weight is 288 g/mol. The van der Waals surface area contributed by atoms with Gasteiger partial charge in [-0.15, -0.1) is 0 Å². The molecule has 1 amide bonds. The molecule has 0 aromatic carbocycles. The number of carboxylic acid groups (broad SMARTS) is 1. The molecule has 0 radical (unpaired) electrons. The van der Waals surface area contributed by atoms with E-state index in [2.05, 4.69) is 10.5 Å². The number of aromatic nitrogens is 1. The van der Waals surface area contributed by atoms with Crippen molar-refractivity contribution in [3.63, 3.8) is 0 Å². The fourth-order valence-corrected chi connectivity index (χ4v) is 1.75. The summed E-state index contributed by atoms with van der Waals surface area (Å²) in [4.78, 5) is 22.5. The number of carbonyl (C=O) groups excluding carboxylic acids is 1. The van der Waals surface area contributed by atoms with Crippen LogP contribution in [0.1, 0.15) is 12.2 Å². The van der Waals surface area contributed by atoms with E-state index < -0.39 is 17.9 Å². The number of hydrogen-bond acceptors (Lipinski definition) is 6. The van der Waals surface area contributed by atoms with Crippen molar-refractivity contribution in [3.05, 3.63) is 11.8 Å². The zero-order valence-electron chi connectivity index (χ0n) is 10.7. The predicted molar refractivity (Wildman–Crippen MR) is 69.3 cm³/mol. The summed E-state index contributed by atoms with van der Waals surface area (Å²) in [7, 11) is 0. The van der Waals surface area contributed by atoms with Crippen molar-refractivity contribution in [1.29, 1.82) is 0 Å². The van der Waals surface area contributed by atoms with Crippen LogP contribution in [0.3, 0.4) is 0 Å².